The van der Waals surface area contributed by atoms with E-state index < -0.39 is 52.6 Å². The Morgan fingerprint density at radius 2 is 1.72 bits per heavy atom. The zero-order valence-corrected chi connectivity index (χ0v) is 24.1. The van der Waals surface area contributed by atoms with Gasteiger partial charge in [0.05, 0.1) is 5.02 Å². The molecule has 2 aromatic carbocycles. The van der Waals surface area contributed by atoms with Crippen molar-refractivity contribution in [3.8, 4) is 5.75 Å². The van der Waals surface area contributed by atoms with Crippen LogP contribution in [0.5, 0.6) is 5.75 Å². The molecule has 2 aliphatic heterocycles. The average Bonchev–Trinajstić information content (AvgIpc) is 3.70. The molecule has 7 nitrogen and oxygen atoms in total. The fourth-order valence-corrected chi connectivity index (χ4v) is 6.59. The summed E-state index contributed by atoms with van der Waals surface area (Å²) >= 11 is 5.92. The van der Waals surface area contributed by atoms with Crippen molar-refractivity contribution in [3.63, 3.8) is 0 Å². The summed E-state index contributed by atoms with van der Waals surface area (Å²) < 4.78 is 74.4. The number of ether oxygens (including phenoxy) is 1. The molecule has 0 radical (unpaired) electrons. The van der Waals surface area contributed by atoms with E-state index in [1.165, 1.54) is 34.1 Å². The monoisotopic (exact) mass is 627 g/mol. The number of piperidine rings is 1. The van der Waals surface area contributed by atoms with Gasteiger partial charge in [-0.25, -0.2) is 13.6 Å². The summed E-state index contributed by atoms with van der Waals surface area (Å²) in [4.78, 5) is 43.5. The van der Waals surface area contributed by atoms with Gasteiger partial charge in [-0.05, 0) is 74.6 Å². The SMILES string of the molecule is CCN(C(=O)Oc1ccc(F)cc1)[C@]1(C(=O)C2CCN(C(=O)C3(C(F)(F)F)CC3)CC2)CNC[C@H]1c1ccc(Cl)c(F)c1. The first-order chi connectivity index (χ1) is 20.3. The fraction of sp³-hybridized carbons (Fsp3) is 0.500. The number of nitrogens with one attached hydrogen (secondary N) is 1. The summed E-state index contributed by atoms with van der Waals surface area (Å²) in [6.07, 6.45) is -5.80. The second kappa shape index (κ2) is 11.7. The summed E-state index contributed by atoms with van der Waals surface area (Å²) in [5, 5.41) is 3.05. The maximum absolute atomic E-state index is 14.6. The predicted octanol–water partition coefficient (Wildman–Crippen LogP) is 5.71. The molecule has 1 N–H and O–H groups in total. The van der Waals surface area contributed by atoms with Gasteiger partial charge < -0.3 is 15.0 Å². The molecular formula is C30H31ClF5N3O4. The van der Waals surface area contributed by atoms with Crippen LogP contribution in [0.15, 0.2) is 42.5 Å². The van der Waals surface area contributed by atoms with Crippen molar-refractivity contribution < 1.29 is 41.1 Å². The van der Waals surface area contributed by atoms with Crippen molar-refractivity contribution in [2.75, 3.05) is 32.7 Å². The molecule has 2 aromatic rings. The zero-order chi connectivity index (χ0) is 31.2. The highest BCUT2D eigenvalue weighted by atomic mass is 35.5. The molecule has 3 fully saturated rings. The van der Waals surface area contributed by atoms with Gasteiger partial charge in [0.25, 0.3) is 0 Å². The van der Waals surface area contributed by atoms with Gasteiger partial charge in [0.15, 0.2) is 5.78 Å². The Morgan fingerprint density at radius 1 is 1.07 bits per heavy atom. The van der Waals surface area contributed by atoms with Gasteiger partial charge in [0, 0.05) is 44.6 Å². The number of alkyl halides is 3. The molecule has 1 saturated carbocycles. The number of nitrogens with zero attached hydrogens (tertiary/aromatic N) is 2. The number of likely N-dealkylation sites (N-methyl/N-ethyl adjacent to an activating group) is 1. The highest BCUT2D eigenvalue weighted by molar-refractivity contribution is 6.30. The number of hydrogen-bond donors (Lipinski definition) is 1. The second-order valence-corrected chi connectivity index (χ2v) is 11.8. The van der Waals surface area contributed by atoms with E-state index in [1.807, 2.05) is 0 Å². The van der Waals surface area contributed by atoms with Gasteiger partial charge in [0.1, 0.15) is 28.3 Å². The van der Waals surface area contributed by atoms with E-state index in [2.05, 4.69) is 5.32 Å². The number of Topliss-reactive ketones (excluding diaryl/α,β-unsaturated/α-hetero) is 1. The number of rotatable bonds is 7. The van der Waals surface area contributed by atoms with Crippen LogP contribution in [-0.4, -0.2) is 72.0 Å². The predicted molar refractivity (Wildman–Crippen MR) is 147 cm³/mol. The third-order valence-electron chi connectivity index (χ3n) is 8.98. The van der Waals surface area contributed by atoms with Crippen molar-refractivity contribution >= 4 is 29.4 Å². The van der Waals surface area contributed by atoms with Gasteiger partial charge in [-0.1, -0.05) is 17.7 Å². The molecule has 5 rings (SSSR count). The molecule has 0 aromatic heterocycles. The smallest absolute Gasteiger partial charge is 0.410 e. The number of halogens is 6. The highest BCUT2D eigenvalue weighted by Crippen LogP contribution is 2.59. The van der Waals surface area contributed by atoms with Crippen LogP contribution in [-0.2, 0) is 9.59 Å². The van der Waals surface area contributed by atoms with E-state index in [-0.39, 0.29) is 75.0 Å². The van der Waals surface area contributed by atoms with E-state index in [4.69, 9.17) is 16.3 Å². The summed E-state index contributed by atoms with van der Waals surface area (Å²) in [5.41, 5.74) is -3.48. The van der Waals surface area contributed by atoms with Crippen LogP contribution >= 0.6 is 11.6 Å². The third kappa shape index (κ3) is 5.59. The van der Waals surface area contributed by atoms with Gasteiger partial charge in [-0.2, -0.15) is 13.2 Å². The molecular weight excluding hydrogens is 597 g/mol. The van der Waals surface area contributed by atoms with Crippen molar-refractivity contribution in [2.24, 2.45) is 11.3 Å². The minimum absolute atomic E-state index is 0.00341. The van der Waals surface area contributed by atoms with Crippen molar-refractivity contribution in [3.05, 3.63) is 64.7 Å². The lowest BCUT2D eigenvalue weighted by Crippen LogP contribution is -2.64. The molecule has 43 heavy (non-hydrogen) atoms. The fourth-order valence-electron chi connectivity index (χ4n) is 6.47. The maximum atomic E-state index is 14.6. The van der Waals surface area contributed by atoms with Crippen LogP contribution in [0, 0.1) is 23.0 Å². The van der Waals surface area contributed by atoms with E-state index >= 15 is 0 Å². The first-order valence-corrected chi connectivity index (χ1v) is 14.5. The molecule has 2 atom stereocenters. The Labute approximate surface area is 250 Å². The molecule has 0 bridgehead atoms. The molecule has 0 spiro atoms. The van der Waals surface area contributed by atoms with Gasteiger partial charge in [-0.3, -0.25) is 14.5 Å². The number of ketones is 1. The van der Waals surface area contributed by atoms with Gasteiger partial charge in [0.2, 0.25) is 5.91 Å². The largest absolute Gasteiger partial charge is 0.416 e. The number of likely N-dealkylation sites (tertiary alicyclic amines) is 1. The van der Waals surface area contributed by atoms with Crippen molar-refractivity contribution in [1.82, 2.24) is 15.1 Å². The number of carbonyl (C=O) groups is 3. The molecule has 0 unspecified atom stereocenters. The van der Waals surface area contributed by atoms with E-state index in [1.54, 1.807) is 13.0 Å². The van der Waals surface area contributed by atoms with Crippen LogP contribution in [0.1, 0.15) is 44.1 Å². The molecule has 2 heterocycles. The number of hydrogen-bond acceptors (Lipinski definition) is 5. The maximum Gasteiger partial charge on any atom is 0.416 e. The van der Waals surface area contributed by atoms with Crippen LogP contribution in [0.4, 0.5) is 26.7 Å². The first-order valence-electron chi connectivity index (χ1n) is 14.1. The molecule has 1 aliphatic carbocycles. The number of carbonyl (C=O) groups excluding carboxylic acids is 3. The normalized spacial score (nSPS) is 23.6. The molecule has 232 valence electrons. The summed E-state index contributed by atoms with van der Waals surface area (Å²) in [6.45, 7) is 1.81. The van der Waals surface area contributed by atoms with Crippen molar-refractivity contribution in [2.45, 2.75) is 50.2 Å². The Bertz CT molecular complexity index is 1390. The Balaban J connectivity index is 1.45. The minimum atomic E-state index is -4.64. The summed E-state index contributed by atoms with van der Waals surface area (Å²) in [6, 6.07) is 8.95. The summed E-state index contributed by atoms with van der Waals surface area (Å²) in [5.74, 6) is -3.93. The molecule has 13 heteroatoms. The summed E-state index contributed by atoms with van der Waals surface area (Å²) in [7, 11) is 0. The van der Waals surface area contributed by atoms with Crippen LogP contribution < -0.4 is 10.1 Å². The minimum Gasteiger partial charge on any atom is -0.410 e. The van der Waals surface area contributed by atoms with E-state index in [0.29, 0.717) is 5.56 Å². The standard InChI is InChI=1S/C30H31ClF5N3O4/c1-2-39(27(42)43-21-6-4-20(32)5-7-21)29(17-37-16-22(29)19-3-8-23(31)24(33)15-19)25(40)18-9-13-38(14-10-18)26(41)28(11-12-28)30(34,35)36/h3-8,15,18,22,37H,2,9-14,16-17H2,1H3/t22-,29+/m0/s1. The topological polar surface area (TPSA) is 79.0 Å². The molecule has 3 aliphatic rings. The molecule has 2 saturated heterocycles. The molecule has 2 amide bonds. The second-order valence-electron chi connectivity index (χ2n) is 11.4. The lowest BCUT2D eigenvalue weighted by Gasteiger charge is -2.45. The Hall–Kier alpha value is -3.25. The number of amides is 2. The van der Waals surface area contributed by atoms with E-state index in [0.717, 1.165) is 12.1 Å². The zero-order valence-electron chi connectivity index (χ0n) is 23.4. The highest BCUT2D eigenvalue weighted by Gasteiger charge is 2.69. The van der Waals surface area contributed by atoms with Gasteiger partial charge in [-0.15, -0.1) is 0 Å². The van der Waals surface area contributed by atoms with E-state index in [9.17, 15) is 36.3 Å². The average molecular weight is 628 g/mol. The van der Waals surface area contributed by atoms with Crippen LogP contribution in [0.2, 0.25) is 5.02 Å². The first kappa shape index (κ1) is 31.2. The Kier molecular flexibility index (Phi) is 8.47. The van der Waals surface area contributed by atoms with Gasteiger partial charge >= 0.3 is 12.3 Å². The quantitative estimate of drug-likeness (QED) is 0.398. The van der Waals surface area contributed by atoms with Crippen molar-refractivity contribution in [1.29, 1.82) is 0 Å². The number of benzene rings is 2. The lowest BCUT2D eigenvalue weighted by molar-refractivity contribution is -0.199. The Morgan fingerprint density at radius 3 is 2.28 bits per heavy atom. The third-order valence-corrected chi connectivity index (χ3v) is 9.29. The lowest BCUT2D eigenvalue weighted by atomic mass is 9.71. The van der Waals surface area contributed by atoms with Crippen LogP contribution in [0.3, 0.4) is 0 Å². The van der Waals surface area contributed by atoms with Crippen LogP contribution in [0.25, 0.3) is 0 Å².